The van der Waals surface area contributed by atoms with Crippen LogP contribution in [0.25, 0.3) is 0 Å². The molecule has 0 aromatic heterocycles. The normalized spacial score (nSPS) is 18.8. The van der Waals surface area contributed by atoms with Crippen molar-refractivity contribution >= 4 is 29.4 Å². The molecule has 14 heteroatoms. The predicted molar refractivity (Wildman–Crippen MR) is 141 cm³/mol. The third kappa shape index (κ3) is 5.50. The number of halogens is 4. The van der Waals surface area contributed by atoms with Crippen LogP contribution in [-0.4, -0.2) is 85.5 Å². The number of hydrogen-bond acceptors (Lipinski definition) is 6. The first-order valence-corrected chi connectivity index (χ1v) is 13.4. The zero-order valence-corrected chi connectivity index (χ0v) is 22.7. The number of nitrogens with zero attached hydrogens (tertiary/aromatic N) is 3. The van der Waals surface area contributed by atoms with Crippen LogP contribution in [0.4, 0.5) is 28.0 Å². The highest BCUT2D eigenvalue weighted by molar-refractivity contribution is 6.16. The summed E-state index contributed by atoms with van der Waals surface area (Å²) in [6.07, 6.45) is -4.53. The number of likely N-dealkylation sites (tertiary alicyclic amines) is 1. The van der Waals surface area contributed by atoms with Gasteiger partial charge in [0, 0.05) is 44.8 Å². The van der Waals surface area contributed by atoms with Crippen molar-refractivity contribution < 1.29 is 41.5 Å². The van der Waals surface area contributed by atoms with E-state index in [1.54, 1.807) is 24.3 Å². The molecule has 3 fully saturated rings. The highest BCUT2D eigenvalue weighted by Crippen LogP contribution is 2.40. The molecular weight excluding hydrogens is 562 g/mol. The highest BCUT2D eigenvalue weighted by Gasteiger charge is 2.57. The van der Waals surface area contributed by atoms with Crippen molar-refractivity contribution in [1.29, 1.82) is 0 Å². The molecule has 0 aliphatic carbocycles. The maximum Gasteiger partial charge on any atom is 0.416 e. The topological polar surface area (TPSA) is 111 Å². The summed E-state index contributed by atoms with van der Waals surface area (Å²) in [5.74, 6) is -2.20. The molecular formula is C28H29F4N5O5. The molecule has 0 unspecified atom stereocenters. The fourth-order valence-electron chi connectivity index (χ4n) is 5.36. The van der Waals surface area contributed by atoms with E-state index < -0.39 is 59.0 Å². The second kappa shape index (κ2) is 11.2. The lowest BCUT2D eigenvalue weighted by atomic mass is 9.85. The van der Waals surface area contributed by atoms with Crippen LogP contribution in [-0.2, 0) is 15.8 Å². The van der Waals surface area contributed by atoms with E-state index >= 15 is 0 Å². The van der Waals surface area contributed by atoms with Crippen molar-refractivity contribution in [2.45, 2.75) is 24.6 Å². The Labute approximate surface area is 238 Å². The number of likely N-dealkylation sites (N-methyl/N-ethyl adjacent to an activating group) is 1. The average Bonchev–Trinajstić information content (AvgIpc) is 3.11. The van der Waals surface area contributed by atoms with Gasteiger partial charge in [-0.25, -0.2) is 9.18 Å². The van der Waals surface area contributed by atoms with Gasteiger partial charge in [-0.3, -0.25) is 24.2 Å². The number of carbonyl (C=O) groups is 4. The molecule has 3 aliphatic rings. The first-order chi connectivity index (χ1) is 19.9. The van der Waals surface area contributed by atoms with Crippen LogP contribution >= 0.6 is 0 Å². The Morgan fingerprint density at radius 3 is 2.33 bits per heavy atom. The summed E-state index contributed by atoms with van der Waals surface area (Å²) in [6, 6.07) is 7.84. The summed E-state index contributed by atoms with van der Waals surface area (Å²) < 4.78 is 58.8. The Kier molecular flexibility index (Phi) is 7.84. The van der Waals surface area contributed by atoms with Crippen molar-refractivity contribution in [3.8, 4) is 5.75 Å². The number of nitrogens with one attached hydrogen (secondary N) is 2. The molecule has 5 amide bonds. The minimum atomic E-state index is -4.77. The lowest BCUT2D eigenvalue weighted by molar-refractivity contribution is -0.137. The number of imide groups is 1. The number of hydrogen-bond donors (Lipinski definition) is 2. The lowest BCUT2D eigenvalue weighted by Gasteiger charge is -2.42. The Morgan fingerprint density at radius 2 is 1.74 bits per heavy atom. The van der Waals surface area contributed by atoms with Gasteiger partial charge in [0.25, 0.3) is 11.8 Å². The van der Waals surface area contributed by atoms with E-state index in [9.17, 15) is 36.7 Å². The molecule has 3 heterocycles. The summed E-state index contributed by atoms with van der Waals surface area (Å²) >= 11 is 0. The molecule has 1 spiro atoms. The number of alkyl halides is 3. The molecule has 3 aliphatic heterocycles. The third-order valence-corrected chi connectivity index (χ3v) is 7.94. The third-order valence-electron chi connectivity index (χ3n) is 7.94. The number of piperidine rings is 1. The minimum absolute atomic E-state index is 0.0760. The Bertz CT molecular complexity index is 1390. The Hall–Kier alpha value is -4.20. The van der Waals surface area contributed by atoms with Crippen LogP contribution < -0.4 is 20.3 Å². The average molecular weight is 592 g/mol. The maximum atomic E-state index is 14.0. The van der Waals surface area contributed by atoms with E-state index in [4.69, 9.17) is 4.74 Å². The monoisotopic (exact) mass is 591 g/mol. The Morgan fingerprint density at radius 1 is 1.07 bits per heavy atom. The van der Waals surface area contributed by atoms with E-state index in [1.807, 2.05) is 0 Å². The van der Waals surface area contributed by atoms with Gasteiger partial charge in [0.15, 0.2) is 0 Å². The highest BCUT2D eigenvalue weighted by atomic mass is 19.4. The molecule has 10 nitrogen and oxygen atoms in total. The molecule has 42 heavy (non-hydrogen) atoms. The van der Waals surface area contributed by atoms with Crippen molar-refractivity contribution in [2.24, 2.45) is 5.92 Å². The van der Waals surface area contributed by atoms with Gasteiger partial charge in [-0.15, -0.1) is 0 Å². The fourth-order valence-corrected chi connectivity index (χ4v) is 5.36. The van der Waals surface area contributed by atoms with Crippen LogP contribution in [0.3, 0.4) is 0 Å². The first kappa shape index (κ1) is 29.3. The number of benzene rings is 2. The van der Waals surface area contributed by atoms with Gasteiger partial charge in [-0.1, -0.05) is 0 Å². The number of rotatable bonds is 7. The predicted octanol–water partition coefficient (Wildman–Crippen LogP) is 2.63. The van der Waals surface area contributed by atoms with Gasteiger partial charge in [-0.2, -0.15) is 13.2 Å². The van der Waals surface area contributed by atoms with Crippen LogP contribution in [0.2, 0.25) is 0 Å². The van der Waals surface area contributed by atoms with Gasteiger partial charge in [0.2, 0.25) is 5.91 Å². The van der Waals surface area contributed by atoms with Crippen LogP contribution in [0.5, 0.6) is 5.75 Å². The van der Waals surface area contributed by atoms with Gasteiger partial charge in [-0.05, 0) is 55.3 Å². The standard InChI is InChI=1S/C28H29F4N5O5/c1-35-25(40)27(37(26(35)41)19-3-5-20(6-4-19)42-16-17-13-33-14-17)8-10-36(11-9-27)23(38)15-34-24(39)21-12-18(28(30,31)32)2-7-22(21)29/h2-7,12,17,33H,8-11,13-16H2,1H3,(H,34,39). The SMILES string of the molecule is CN1C(=O)N(c2ccc(OCC3CNC3)cc2)C2(CCN(C(=O)CNC(=O)c3cc(C(F)(F)F)ccc3F)CC2)C1=O. The Balaban J connectivity index is 1.22. The molecule has 2 aromatic rings. The van der Waals surface area contributed by atoms with E-state index in [0.29, 0.717) is 42.2 Å². The quantitative estimate of drug-likeness (QED) is 0.379. The number of carbonyl (C=O) groups excluding carboxylic acids is 4. The van der Waals surface area contributed by atoms with E-state index in [1.165, 1.54) is 16.8 Å². The summed E-state index contributed by atoms with van der Waals surface area (Å²) in [7, 11) is 1.40. The lowest BCUT2D eigenvalue weighted by Crippen LogP contribution is -2.58. The van der Waals surface area contributed by atoms with Crippen molar-refractivity contribution in [3.63, 3.8) is 0 Å². The van der Waals surface area contributed by atoms with Crippen molar-refractivity contribution in [1.82, 2.24) is 20.4 Å². The van der Waals surface area contributed by atoms with Crippen LogP contribution in [0.15, 0.2) is 42.5 Å². The molecule has 0 atom stereocenters. The van der Waals surface area contributed by atoms with Gasteiger partial charge >= 0.3 is 12.2 Å². The number of amides is 5. The van der Waals surface area contributed by atoms with Crippen LogP contribution in [0.1, 0.15) is 28.8 Å². The smallest absolute Gasteiger partial charge is 0.416 e. The summed E-state index contributed by atoms with van der Waals surface area (Å²) in [4.78, 5) is 55.5. The van der Waals surface area contributed by atoms with Crippen LogP contribution in [0, 0.1) is 11.7 Å². The molecule has 0 bridgehead atoms. The van der Waals surface area contributed by atoms with E-state index in [-0.39, 0.29) is 25.9 Å². The van der Waals surface area contributed by atoms with Gasteiger partial charge < -0.3 is 20.3 Å². The summed E-state index contributed by atoms with van der Waals surface area (Å²) in [5, 5.41) is 5.35. The summed E-state index contributed by atoms with van der Waals surface area (Å²) in [5.41, 5.74) is -2.74. The van der Waals surface area contributed by atoms with E-state index in [0.717, 1.165) is 18.0 Å². The zero-order chi connectivity index (χ0) is 30.2. The first-order valence-electron chi connectivity index (χ1n) is 13.4. The molecule has 2 aromatic carbocycles. The van der Waals surface area contributed by atoms with Gasteiger partial charge in [0.05, 0.1) is 24.3 Å². The fraction of sp³-hybridized carbons (Fsp3) is 0.429. The second-order valence-electron chi connectivity index (χ2n) is 10.6. The summed E-state index contributed by atoms with van der Waals surface area (Å²) in [6.45, 7) is 1.93. The van der Waals surface area contributed by atoms with Crippen molar-refractivity contribution in [2.75, 3.05) is 51.3 Å². The number of anilines is 1. The zero-order valence-electron chi connectivity index (χ0n) is 22.7. The largest absolute Gasteiger partial charge is 0.493 e. The van der Waals surface area contributed by atoms with Crippen molar-refractivity contribution in [3.05, 3.63) is 59.4 Å². The molecule has 224 valence electrons. The number of urea groups is 1. The second-order valence-corrected chi connectivity index (χ2v) is 10.6. The van der Waals surface area contributed by atoms with Gasteiger partial charge in [0.1, 0.15) is 17.1 Å². The maximum absolute atomic E-state index is 14.0. The molecule has 5 rings (SSSR count). The number of ether oxygens (including phenoxy) is 1. The molecule has 0 radical (unpaired) electrons. The molecule has 3 saturated heterocycles. The molecule has 2 N–H and O–H groups in total. The minimum Gasteiger partial charge on any atom is -0.493 e. The molecule has 0 saturated carbocycles. The van der Waals surface area contributed by atoms with E-state index in [2.05, 4.69) is 10.6 Å².